The molecule has 0 saturated carbocycles. The first-order valence-corrected chi connectivity index (χ1v) is 21.5. The summed E-state index contributed by atoms with van der Waals surface area (Å²) in [6, 6.07) is 47.5. The van der Waals surface area contributed by atoms with Crippen LogP contribution in [0, 0.1) is 26.8 Å². The molecular formula is C57H58N3OPt-. The molecule has 8 aromatic rings. The summed E-state index contributed by atoms with van der Waals surface area (Å²) in [5.74, 6) is 0.914. The number of phenolic OH excluding ortho intramolecular Hbond substituents is 1. The molecule has 8 rings (SSSR count). The number of nitrogens with zero attached hydrogens (tertiary/aromatic N) is 3. The molecule has 0 atom stereocenters. The first-order chi connectivity index (χ1) is 28.8. The van der Waals surface area contributed by atoms with Gasteiger partial charge in [-0.2, -0.15) is 0 Å². The fraction of sp³-hybridized carbons (Fsp3) is 0.263. The maximum atomic E-state index is 11.8. The molecule has 0 spiro atoms. The van der Waals surface area contributed by atoms with Gasteiger partial charge in [-0.15, -0.1) is 29.3 Å². The van der Waals surface area contributed by atoms with Gasteiger partial charge in [-0.1, -0.05) is 158 Å². The summed E-state index contributed by atoms with van der Waals surface area (Å²) >= 11 is 0. The second kappa shape index (κ2) is 16.6. The molecule has 0 saturated heterocycles. The zero-order valence-electron chi connectivity index (χ0n) is 38.2. The van der Waals surface area contributed by atoms with Gasteiger partial charge in [0.2, 0.25) is 0 Å². The van der Waals surface area contributed by atoms with E-state index in [-0.39, 0.29) is 43.1 Å². The molecule has 0 aliphatic heterocycles. The maximum Gasteiger partial charge on any atom is 0.148 e. The number of aryl methyl sites for hydroxylation is 3. The van der Waals surface area contributed by atoms with Crippen LogP contribution in [0.3, 0.4) is 0 Å². The van der Waals surface area contributed by atoms with Gasteiger partial charge in [0.05, 0.1) is 22.3 Å². The zero-order valence-corrected chi connectivity index (χ0v) is 40.5. The summed E-state index contributed by atoms with van der Waals surface area (Å²) in [5, 5.41) is 11.8. The number of imidazole rings is 1. The third kappa shape index (κ3) is 8.73. The molecule has 0 bridgehead atoms. The van der Waals surface area contributed by atoms with Gasteiger partial charge in [0.25, 0.3) is 0 Å². The van der Waals surface area contributed by atoms with Crippen molar-refractivity contribution in [1.29, 1.82) is 0 Å². The molecule has 318 valence electrons. The molecule has 5 heteroatoms. The van der Waals surface area contributed by atoms with Crippen LogP contribution >= 0.6 is 0 Å². The summed E-state index contributed by atoms with van der Waals surface area (Å²) in [6.45, 7) is 26.4. The fourth-order valence-corrected chi connectivity index (χ4v) is 8.24. The smallest absolute Gasteiger partial charge is 0.148 e. The van der Waals surface area contributed by atoms with Gasteiger partial charge in [0, 0.05) is 38.5 Å². The van der Waals surface area contributed by atoms with E-state index in [0.717, 1.165) is 72.5 Å². The number of fused-ring (bicyclic) bond motifs is 1. The number of benzene rings is 6. The van der Waals surface area contributed by atoms with Crippen molar-refractivity contribution in [2.75, 3.05) is 0 Å². The van der Waals surface area contributed by atoms with Crippen molar-refractivity contribution in [3.63, 3.8) is 0 Å². The molecule has 4 nitrogen and oxygen atoms in total. The Morgan fingerprint density at radius 1 is 0.532 bits per heavy atom. The minimum absolute atomic E-state index is 0. The van der Waals surface area contributed by atoms with Crippen LogP contribution in [-0.2, 0) is 37.3 Å². The van der Waals surface area contributed by atoms with E-state index in [4.69, 9.17) is 9.97 Å². The van der Waals surface area contributed by atoms with Gasteiger partial charge < -0.3 is 5.11 Å². The Morgan fingerprint density at radius 3 is 1.82 bits per heavy atom. The van der Waals surface area contributed by atoms with Gasteiger partial charge >= 0.3 is 0 Å². The number of aromatic hydroxyl groups is 1. The van der Waals surface area contributed by atoms with E-state index < -0.39 is 0 Å². The van der Waals surface area contributed by atoms with Crippen molar-refractivity contribution in [2.45, 2.75) is 99.3 Å². The first-order valence-electron chi connectivity index (χ1n) is 21.5. The Bertz CT molecular complexity index is 2930. The fourth-order valence-electron chi connectivity index (χ4n) is 8.24. The summed E-state index contributed by atoms with van der Waals surface area (Å²) in [5.41, 5.74) is 18.3. The molecular weight excluding hydrogens is 938 g/mol. The van der Waals surface area contributed by atoms with Crippen molar-refractivity contribution >= 4 is 11.0 Å². The van der Waals surface area contributed by atoms with Crippen molar-refractivity contribution in [2.24, 2.45) is 0 Å². The normalized spacial score (nSPS) is 12.1. The molecule has 1 N–H and O–H groups in total. The number of aromatic nitrogens is 3. The molecule has 2 aromatic heterocycles. The Balaban J connectivity index is 0.00000578. The van der Waals surface area contributed by atoms with Crippen molar-refractivity contribution in [1.82, 2.24) is 14.5 Å². The predicted octanol–water partition coefficient (Wildman–Crippen LogP) is 15.1. The minimum atomic E-state index is -0.150. The van der Waals surface area contributed by atoms with Crippen LogP contribution in [0.25, 0.3) is 72.7 Å². The molecule has 6 aromatic carbocycles. The number of hydrogen-bond acceptors (Lipinski definition) is 3. The van der Waals surface area contributed by atoms with Crippen LogP contribution in [-0.4, -0.2) is 19.6 Å². The molecule has 0 aliphatic carbocycles. The van der Waals surface area contributed by atoms with Crippen molar-refractivity contribution < 1.29 is 26.2 Å². The second-order valence-electron chi connectivity index (χ2n) is 20.0. The quantitative estimate of drug-likeness (QED) is 0.169. The van der Waals surface area contributed by atoms with Gasteiger partial charge in [-0.25, -0.2) is 4.98 Å². The largest absolute Gasteiger partial charge is 0.507 e. The van der Waals surface area contributed by atoms with Crippen LogP contribution in [0.4, 0.5) is 0 Å². The average Bonchev–Trinajstić information content (AvgIpc) is 3.60. The van der Waals surface area contributed by atoms with E-state index in [2.05, 4.69) is 202 Å². The van der Waals surface area contributed by atoms with E-state index in [0.29, 0.717) is 11.4 Å². The number of pyridine rings is 1. The number of phenols is 1. The van der Waals surface area contributed by atoms with Gasteiger partial charge in [0.1, 0.15) is 11.6 Å². The van der Waals surface area contributed by atoms with Gasteiger partial charge in [-0.3, -0.25) is 9.55 Å². The topological polar surface area (TPSA) is 50.9 Å². The molecule has 0 fully saturated rings. The minimum Gasteiger partial charge on any atom is -0.507 e. The van der Waals surface area contributed by atoms with Crippen LogP contribution < -0.4 is 0 Å². The van der Waals surface area contributed by atoms with E-state index in [1.807, 2.05) is 19.2 Å². The maximum absolute atomic E-state index is 11.8. The van der Waals surface area contributed by atoms with E-state index in [1.165, 1.54) is 22.3 Å². The Labute approximate surface area is 383 Å². The second-order valence-corrected chi connectivity index (χ2v) is 20.0. The van der Waals surface area contributed by atoms with Gasteiger partial charge in [0.15, 0.2) is 0 Å². The molecule has 0 unspecified atom stereocenters. The molecule has 0 aliphatic rings. The number of para-hydroxylation sites is 1. The summed E-state index contributed by atoms with van der Waals surface area (Å²) in [4.78, 5) is 10.5. The summed E-state index contributed by atoms with van der Waals surface area (Å²) in [7, 11) is 0. The SMILES string of the molecule is Cc1ccc(-c2ccnc(-c3[c-]c(-c4cccc5c4nc(-c4cc(C)cc(C)c4O)n5-c4ccc(C(C)(C)C)cc4-c4ccc(C(C)(C)C)cc4)cc(C(C)(C)C)c3)c2)cc1.[Pt]. The molecule has 2 heterocycles. The Kier molecular flexibility index (Phi) is 11.9. The average molecular weight is 996 g/mol. The monoisotopic (exact) mass is 995 g/mol. The van der Waals surface area contributed by atoms with Crippen molar-refractivity contribution in [3.05, 3.63) is 167 Å². The van der Waals surface area contributed by atoms with Crippen LogP contribution in [0.1, 0.15) is 95.7 Å². The predicted molar refractivity (Wildman–Crippen MR) is 257 cm³/mol. The number of rotatable bonds is 6. The third-order valence-corrected chi connectivity index (χ3v) is 12.0. The molecule has 62 heavy (non-hydrogen) atoms. The Hall–Kier alpha value is -5.57. The van der Waals surface area contributed by atoms with Crippen molar-refractivity contribution in [3.8, 4) is 67.5 Å². The van der Waals surface area contributed by atoms with Crippen LogP contribution in [0.2, 0.25) is 0 Å². The van der Waals surface area contributed by atoms with E-state index >= 15 is 0 Å². The molecule has 0 radical (unpaired) electrons. The van der Waals surface area contributed by atoms with E-state index in [1.54, 1.807) is 0 Å². The van der Waals surface area contributed by atoms with Crippen LogP contribution in [0.5, 0.6) is 5.75 Å². The first kappa shape index (κ1) is 44.5. The summed E-state index contributed by atoms with van der Waals surface area (Å²) < 4.78 is 2.26. The molecule has 0 amide bonds. The standard InChI is InChI=1S/C57H58N3O.Pt/c1-35-16-18-38(19-17-35)40-26-27-58-49(33-40)42-30-41(31-45(32-42)57(10,11)12)46-14-13-15-51-52(46)59-54(48-29-36(2)28-37(3)53(48)61)60(51)50-25-24-44(56(7,8)9)34-47(50)39-20-22-43(23-21-39)55(4,5)6;/h13-29,31-34,61H,1-12H3;/q-1;. The third-order valence-electron chi connectivity index (χ3n) is 12.0. The Morgan fingerprint density at radius 2 is 1.16 bits per heavy atom. The summed E-state index contributed by atoms with van der Waals surface area (Å²) in [6.07, 6.45) is 1.89. The zero-order chi connectivity index (χ0) is 43.6. The number of hydrogen-bond donors (Lipinski definition) is 1. The van der Waals surface area contributed by atoms with Gasteiger partial charge in [-0.05, 0) is 106 Å². The van der Waals surface area contributed by atoms with E-state index in [9.17, 15) is 5.11 Å². The van der Waals surface area contributed by atoms with Crippen LogP contribution in [0.15, 0.2) is 128 Å².